The van der Waals surface area contributed by atoms with Gasteiger partial charge in [-0.05, 0) is 58.4 Å². The Hall–Kier alpha value is -2.41. The number of rotatable bonds is 3. The zero-order valence-corrected chi connectivity index (χ0v) is 21.5. The van der Waals surface area contributed by atoms with Crippen LogP contribution in [0.2, 0.25) is 0 Å². The highest BCUT2D eigenvalue weighted by Gasteiger charge is 2.46. The maximum absolute atomic E-state index is 2.71. The summed E-state index contributed by atoms with van der Waals surface area (Å²) in [5.41, 5.74) is 10.8. The van der Waals surface area contributed by atoms with E-state index in [4.69, 9.17) is 0 Å². The predicted octanol–water partition coefficient (Wildman–Crippen LogP) is 8.12. The standard InChI is InChI=1S/C32H40N/c1-7-32(8-2)17-16-25-20-24(23-12-10-9-11-13-23)14-15-26(25)29-21-27-28(22-33(29)32)31(5,6)19-18-30(27,3)4/h9-15,20-22H,7-8,16-19H2,1-6H3/q+1. The van der Waals surface area contributed by atoms with Crippen LogP contribution in [0.1, 0.15) is 90.3 Å². The van der Waals surface area contributed by atoms with Crippen molar-refractivity contribution in [1.29, 1.82) is 0 Å². The number of hydrogen-bond acceptors (Lipinski definition) is 0. The SMILES string of the molecule is CCC1(CC)CCc2cc(-c3ccccc3)ccc2-c2cc3c(c[n+]21)C(C)(C)CCC3(C)C. The molecule has 2 aliphatic rings. The molecule has 1 aromatic heterocycles. The molecule has 0 radical (unpaired) electrons. The van der Waals surface area contributed by atoms with Crippen molar-refractivity contribution in [3.8, 4) is 22.4 Å². The summed E-state index contributed by atoms with van der Waals surface area (Å²) in [6.07, 6.45) is 9.77. The first-order valence-electron chi connectivity index (χ1n) is 13.0. The maximum atomic E-state index is 2.71. The predicted molar refractivity (Wildman–Crippen MR) is 140 cm³/mol. The molecule has 0 atom stereocenters. The van der Waals surface area contributed by atoms with E-state index in [-0.39, 0.29) is 16.4 Å². The first-order valence-corrected chi connectivity index (χ1v) is 13.0. The van der Waals surface area contributed by atoms with Gasteiger partial charge in [-0.3, -0.25) is 0 Å². The molecule has 0 fully saturated rings. The molecule has 1 aliphatic heterocycles. The Kier molecular flexibility index (Phi) is 5.31. The van der Waals surface area contributed by atoms with Crippen LogP contribution in [0, 0.1) is 0 Å². The zero-order chi connectivity index (χ0) is 23.4. The summed E-state index contributed by atoms with van der Waals surface area (Å²) in [6.45, 7) is 14.6. The van der Waals surface area contributed by atoms with E-state index in [1.807, 2.05) is 0 Å². The molecule has 5 rings (SSSR count). The quantitative estimate of drug-likeness (QED) is 0.364. The van der Waals surface area contributed by atoms with E-state index >= 15 is 0 Å². The molecule has 0 N–H and O–H groups in total. The fourth-order valence-corrected chi connectivity index (χ4v) is 6.44. The zero-order valence-electron chi connectivity index (χ0n) is 21.5. The molecule has 1 aliphatic carbocycles. The normalized spacial score (nSPS) is 19.7. The number of pyridine rings is 1. The maximum Gasteiger partial charge on any atom is 0.213 e. The van der Waals surface area contributed by atoms with E-state index in [1.54, 1.807) is 11.1 Å². The molecule has 0 saturated heterocycles. The van der Waals surface area contributed by atoms with Crippen molar-refractivity contribution in [1.82, 2.24) is 0 Å². The van der Waals surface area contributed by atoms with Crippen molar-refractivity contribution in [3.63, 3.8) is 0 Å². The monoisotopic (exact) mass is 438 g/mol. The van der Waals surface area contributed by atoms with Gasteiger partial charge in [0, 0.05) is 36.5 Å². The van der Waals surface area contributed by atoms with Crippen LogP contribution >= 0.6 is 0 Å². The summed E-state index contributed by atoms with van der Waals surface area (Å²) < 4.78 is 2.71. The third-order valence-corrected chi connectivity index (χ3v) is 9.10. The second-order valence-corrected chi connectivity index (χ2v) is 11.8. The molecule has 0 amide bonds. The molecule has 33 heavy (non-hydrogen) atoms. The van der Waals surface area contributed by atoms with Gasteiger partial charge in [0.1, 0.15) is 0 Å². The molecule has 2 aromatic carbocycles. The molecule has 1 nitrogen and oxygen atoms in total. The Balaban J connectivity index is 1.78. The van der Waals surface area contributed by atoms with Crippen molar-refractivity contribution in [3.05, 3.63) is 77.5 Å². The van der Waals surface area contributed by atoms with Crippen molar-refractivity contribution in [2.24, 2.45) is 0 Å². The van der Waals surface area contributed by atoms with Crippen LogP contribution in [-0.4, -0.2) is 0 Å². The van der Waals surface area contributed by atoms with Crippen molar-refractivity contribution < 1.29 is 4.57 Å². The number of nitrogens with zero attached hydrogens (tertiary/aromatic N) is 1. The van der Waals surface area contributed by atoms with E-state index in [0.29, 0.717) is 0 Å². The Morgan fingerprint density at radius 1 is 0.727 bits per heavy atom. The highest BCUT2D eigenvalue weighted by molar-refractivity contribution is 5.72. The minimum absolute atomic E-state index is 0.175. The second kappa shape index (κ2) is 7.83. The molecule has 0 bridgehead atoms. The van der Waals surface area contributed by atoms with Gasteiger partial charge in [-0.1, -0.05) is 84.0 Å². The fourth-order valence-electron chi connectivity index (χ4n) is 6.44. The Labute approximate surface area is 200 Å². The van der Waals surface area contributed by atoms with Gasteiger partial charge in [0.15, 0.2) is 11.7 Å². The van der Waals surface area contributed by atoms with Crippen molar-refractivity contribution >= 4 is 0 Å². The van der Waals surface area contributed by atoms with Gasteiger partial charge in [-0.25, -0.2) is 0 Å². The molecule has 0 unspecified atom stereocenters. The number of fused-ring (bicyclic) bond motifs is 4. The van der Waals surface area contributed by atoms with Crippen LogP contribution in [0.3, 0.4) is 0 Å². The molecule has 2 heterocycles. The summed E-state index contributed by atoms with van der Waals surface area (Å²) in [4.78, 5) is 0. The van der Waals surface area contributed by atoms with Gasteiger partial charge in [0.05, 0.1) is 0 Å². The van der Waals surface area contributed by atoms with Gasteiger partial charge < -0.3 is 0 Å². The molecular weight excluding hydrogens is 398 g/mol. The largest absolute Gasteiger partial charge is 0.213 e. The number of hydrogen-bond donors (Lipinski definition) is 0. The van der Waals surface area contributed by atoms with Crippen molar-refractivity contribution in [2.45, 2.75) is 96.4 Å². The average molecular weight is 439 g/mol. The highest BCUT2D eigenvalue weighted by Crippen LogP contribution is 2.47. The first kappa shape index (κ1) is 22.4. The Bertz CT molecular complexity index is 1180. The van der Waals surface area contributed by atoms with Gasteiger partial charge in [0.2, 0.25) is 5.69 Å². The third-order valence-electron chi connectivity index (χ3n) is 9.10. The molecular formula is C32H40N+. The molecule has 1 heteroatoms. The third kappa shape index (κ3) is 3.56. The van der Waals surface area contributed by atoms with Crippen LogP contribution < -0.4 is 4.57 Å². The van der Waals surface area contributed by atoms with E-state index in [2.05, 4.69) is 107 Å². The number of aryl methyl sites for hydroxylation is 1. The van der Waals surface area contributed by atoms with Gasteiger partial charge in [-0.15, -0.1) is 0 Å². The molecule has 3 aromatic rings. The summed E-state index contributed by atoms with van der Waals surface area (Å²) in [5, 5.41) is 0. The minimum Gasteiger partial charge on any atom is -0.193 e. The van der Waals surface area contributed by atoms with Gasteiger partial charge in [0.25, 0.3) is 0 Å². The van der Waals surface area contributed by atoms with Crippen LogP contribution in [-0.2, 0) is 22.8 Å². The summed E-state index contributed by atoms with van der Waals surface area (Å²) in [6, 6.07) is 20.6. The lowest BCUT2D eigenvalue weighted by Gasteiger charge is -2.41. The Morgan fingerprint density at radius 3 is 2.06 bits per heavy atom. The van der Waals surface area contributed by atoms with Crippen LogP contribution in [0.25, 0.3) is 22.4 Å². The number of benzene rings is 2. The second-order valence-electron chi connectivity index (χ2n) is 11.8. The van der Waals surface area contributed by atoms with Gasteiger partial charge >= 0.3 is 0 Å². The van der Waals surface area contributed by atoms with Gasteiger partial charge in [-0.2, -0.15) is 4.57 Å². The van der Waals surface area contributed by atoms with Crippen LogP contribution in [0.5, 0.6) is 0 Å². The molecule has 0 saturated carbocycles. The minimum atomic E-state index is 0.175. The summed E-state index contributed by atoms with van der Waals surface area (Å²) in [5.74, 6) is 0. The van der Waals surface area contributed by atoms with E-state index in [1.165, 1.54) is 60.1 Å². The lowest BCUT2D eigenvalue weighted by Crippen LogP contribution is -2.57. The highest BCUT2D eigenvalue weighted by atomic mass is 15.1. The lowest BCUT2D eigenvalue weighted by molar-refractivity contribution is -0.757. The lowest BCUT2D eigenvalue weighted by atomic mass is 9.63. The Morgan fingerprint density at radius 2 is 1.39 bits per heavy atom. The van der Waals surface area contributed by atoms with E-state index in [9.17, 15) is 0 Å². The summed E-state index contributed by atoms with van der Waals surface area (Å²) >= 11 is 0. The van der Waals surface area contributed by atoms with E-state index < -0.39 is 0 Å². The number of aromatic nitrogens is 1. The van der Waals surface area contributed by atoms with Crippen LogP contribution in [0.4, 0.5) is 0 Å². The van der Waals surface area contributed by atoms with Crippen molar-refractivity contribution in [2.75, 3.05) is 0 Å². The fraction of sp³-hybridized carbons (Fsp3) is 0.469. The smallest absolute Gasteiger partial charge is 0.193 e. The van der Waals surface area contributed by atoms with E-state index in [0.717, 1.165) is 6.42 Å². The average Bonchev–Trinajstić information content (AvgIpc) is 2.96. The molecule has 172 valence electrons. The first-order chi connectivity index (χ1) is 15.7. The van der Waals surface area contributed by atoms with Crippen LogP contribution in [0.15, 0.2) is 60.8 Å². The molecule has 0 spiro atoms. The topological polar surface area (TPSA) is 3.88 Å². The summed E-state index contributed by atoms with van der Waals surface area (Å²) in [7, 11) is 0.